The molecular weight excluding hydrogens is 496 g/mol. The lowest BCUT2D eigenvalue weighted by Crippen LogP contribution is -2.08. The van der Waals surface area contributed by atoms with Crippen molar-refractivity contribution in [2.45, 2.75) is 90.9 Å². The van der Waals surface area contributed by atoms with E-state index in [1.165, 1.54) is 63.4 Å². The molecule has 0 aliphatic rings. The van der Waals surface area contributed by atoms with Crippen LogP contribution in [0.4, 0.5) is 0 Å². The summed E-state index contributed by atoms with van der Waals surface area (Å²) >= 11 is 0. The molecule has 3 rings (SSSR count). The molecule has 3 aromatic rings. The molecule has 0 radical (unpaired) electrons. The van der Waals surface area contributed by atoms with E-state index in [0.29, 0.717) is 23.7 Å². The van der Waals surface area contributed by atoms with Gasteiger partial charge in [-0.2, -0.15) is 0 Å². The lowest BCUT2D eigenvalue weighted by atomic mass is 10.00. The first-order valence-corrected chi connectivity index (χ1v) is 15.1. The largest absolute Gasteiger partial charge is 0.494 e. The summed E-state index contributed by atoms with van der Waals surface area (Å²) in [6.07, 6.45) is 20.1. The number of allylic oxidation sites excluding steroid dienone is 1. The number of aryl methyl sites for hydroxylation is 1. The van der Waals surface area contributed by atoms with Crippen LogP contribution in [-0.2, 0) is 6.42 Å². The van der Waals surface area contributed by atoms with Gasteiger partial charge in [0.2, 0.25) is 0 Å². The molecule has 0 aliphatic carbocycles. The lowest BCUT2D eigenvalue weighted by Gasteiger charge is -2.08. The van der Waals surface area contributed by atoms with Crippen LogP contribution < -0.4 is 9.47 Å². The van der Waals surface area contributed by atoms with E-state index < -0.39 is 5.97 Å². The zero-order valence-corrected chi connectivity index (χ0v) is 24.4. The van der Waals surface area contributed by atoms with Gasteiger partial charge < -0.3 is 9.47 Å². The van der Waals surface area contributed by atoms with Gasteiger partial charge in [-0.1, -0.05) is 64.9 Å². The molecule has 214 valence electrons. The number of benzene rings is 2. The van der Waals surface area contributed by atoms with Crippen molar-refractivity contribution in [1.29, 1.82) is 0 Å². The monoisotopic (exact) mass is 542 g/mol. The molecule has 0 bridgehead atoms. The Balaban J connectivity index is 1.38. The zero-order chi connectivity index (χ0) is 28.4. The molecule has 5 heteroatoms. The third kappa shape index (κ3) is 11.3. The third-order valence-electron chi connectivity index (χ3n) is 7.30. The van der Waals surface area contributed by atoms with Gasteiger partial charge in [0.1, 0.15) is 11.5 Å². The first-order chi connectivity index (χ1) is 19.6. The number of unbranched alkanes of at least 4 members (excludes halogenated alkanes) is 7. The molecule has 0 spiro atoms. The molecule has 0 unspecified atom stereocenters. The highest BCUT2D eigenvalue weighted by Gasteiger charge is 2.10. The van der Waals surface area contributed by atoms with Crippen LogP contribution in [0, 0.1) is 5.92 Å². The van der Waals surface area contributed by atoms with Gasteiger partial charge in [0.25, 0.3) is 0 Å². The van der Waals surface area contributed by atoms with Crippen molar-refractivity contribution >= 4 is 5.97 Å². The predicted molar refractivity (Wildman–Crippen MR) is 164 cm³/mol. The summed E-state index contributed by atoms with van der Waals surface area (Å²) in [5.74, 6) is 2.32. The van der Waals surface area contributed by atoms with Gasteiger partial charge in [-0.05, 0) is 92.1 Å². The summed E-state index contributed by atoms with van der Waals surface area (Å²) in [7, 11) is 0. The highest BCUT2D eigenvalue weighted by molar-refractivity contribution is 5.91. The molecule has 1 aromatic heterocycles. The lowest BCUT2D eigenvalue weighted by molar-refractivity contribution is 0.0734. The first kappa shape index (κ1) is 31.1. The van der Waals surface area contributed by atoms with Crippen LogP contribution in [0.1, 0.15) is 100 Å². The Bertz CT molecular complexity index is 1120. The Morgan fingerprint density at radius 1 is 0.850 bits per heavy atom. The maximum atomic E-state index is 12.6. The normalized spacial score (nSPS) is 11.7. The molecule has 1 atom stereocenters. The number of hydrogen-bond donors (Lipinski definition) is 0. The third-order valence-corrected chi connectivity index (χ3v) is 7.30. The Kier molecular flexibility index (Phi) is 14.0. The van der Waals surface area contributed by atoms with Gasteiger partial charge in [-0.15, -0.1) is 6.58 Å². The molecule has 0 aliphatic heterocycles. The van der Waals surface area contributed by atoms with Crippen molar-refractivity contribution in [3.8, 4) is 22.9 Å². The van der Waals surface area contributed by atoms with Crippen LogP contribution in [0.25, 0.3) is 11.4 Å². The Hall–Kier alpha value is -3.47. The van der Waals surface area contributed by atoms with E-state index in [9.17, 15) is 4.79 Å². The number of aromatic nitrogens is 2. The van der Waals surface area contributed by atoms with Crippen LogP contribution in [0.15, 0.2) is 73.6 Å². The van der Waals surface area contributed by atoms with Crippen molar-refractivity contribution < 1.29 is 14.3 Å². The quantitative estimate of drug-likeness (QED) is 0.0653. The number of hydrogen-bond acceptors (Lipinski definition) is 5. The van der Waals surface area contributed by atoms with E-state index in [-0.39, 0.29) is 0 Å². The number of carbonyl (C=O) groups is 1. The van der Waals surface area contributed by atoms with Crippen LogP contribution >= 0.6 is 0 Å². The van der Waals surface area contributed by atoms with Crippen LogP contribution in [-0.4, -0.2) is 22.5 Å². The highest BCUT2D eigenvalue weighted by Crippen LogP contribution is 2.21. The minimum absolute atomic E-state index is 0.398. The number of carbonyl (C=O) groups excluding carboxylic acids is 1. The van der Waals surface area contributed by atoms with Gasteiger partial charge in [0.15, 0.2) is 5.82 Å². The molecule has 2 aromatic carbocycles. The van der Waals surface area contributed by atoms with E-state index in [2.05, 4.69) is 30.4 Å². The van der Waals surface area contributed by atoms with Crippen molar-refractivity contribution in [2.75, 3.05) is 6.61 Å². The molecule has 0 saturated carbocycles. The number of ether oxygens (including phenoxy) is 2. The molecule has 40 heavy (non-hydrogen) atoms. The number of rotatable bonds is 19. The molecular formula is C35H46N2O3. The minimum atomic E-state index is -0.398. The average Bonchev–Trinajstić information content (AvgIpc) is 2.99. The van der Waals surface area contributed by atoms with E-state index in [0.717, 1.165) is 36.5 Å². The molecule has 0 fully saturated rings. The molecule has 1 heterocycles. The predicted octanol–water partition coefficient (Wildman–Crippen LogP) is 9.42. The smallest absolute Gasteiger partial charge is 0.343 e. The van der Waals surface area contributed by atoms with Crippen molar-refractivity contribution in [3.05, 3.63) is 84.7 Å². The SMILES string of the molecule is C=CCCCCCCCCOc1ccc(C(=O)Oc2ccc(-c3ncc(CCCC[C@@H](C)CC)cn3)cc2)cc1. The maximum Gasteiger partial charge on any atom is 0.343 e. The summed E-state index contributed by atoms with van der Waals surface area (Å²) in [5, 5.41) is 0. The number of esters is 1. The highest BCUT2D eigenvalue weighted by atomic mass is 16.5. The Morgan fingerprint density at radius 2 is 1.50 bits per heavy atom. The van der Waals surface area contributed by atoms with Gasteiger partial charge in [0, 0.05) is 18.0 Å². The fourth-order valence-corrected chi connectivity index (χ4v) is 4.47. The second-order valence-electron chi connectivity index (χ2n) is 10.7. The first-order valence-electron chi connectivity index (χ1n) is 15.1. The summed E-state index contributed by atoms with van der Waals surface area (Å²) in [6.45, 7) is 9.01. The Labute approximate surface area is 241 Å². The summed E-state index contributed by atoms with van der Waals surface area (Å²) in [4.78, 5) is 21.7. The van der Waals surface area contributed by atoms with E-state index >= 15 is 0 Å². The van der Waals surface area contributed by atoms with Gasteiger partial charge >= 0.3 is 5.97 Å². The van der Waals surface area contributed by atoms with Gasteiger partial charge in [-0.3, -0.25) is 0 Å². The summed E-state index contributed by atoms with van der Waals surface area (Å²) in [5.41, 5.74) is 2.54. The van der Waals surface area contributed by atoms with Crippen LogP contribution in [0.3, 0.4) is 0 Å². The molecule has 0 amide bonds. The van der Waals surface area contributed by atoms with Crippen molar-refractivity contribution in [1.82, 2.24) is 9.97 Å². The van der Waals surface area contributed by atoms with E-state index in [1.54, 1.807) is 24.3 Å². The Morgan fingerprint density at radius 3 is 2.17 bits per heavy atom. The van der Waals surface area contributed by atoms with Crippen molar-refractivity contribution in [2.24, 2.45) is 5.92 Å². The van der Waals surface area contributed by atoms with Gasteiger partial charge in [-0.25, -0.2) is 14.8 Å². The van der Waals surface area contributed by atoms with Crippen LogP contribution in [0.5, 0.6) is 11.5 Å². The standard InChI is InChI=1S/C35H46N2O3/c1-4-6-7-8-9-10-11-14-25-39-32-21-19-31(20-22-32)35(38)40-33-23-17-30(18-24-33)34-36-26-29(27-37-34)16-13-12-15-28(3)5-2/h4,17-24,26-28H,1,5-16,25H2,2-3H3/t28-/m0/s1. The topological polar surface area (TPSA) is 61.3 Å². The fourth-order valence-electron chi connectivity index (χ4n) is 4.47. The fraction of sp³-hybridized carbons (Fsp3) is 0.457. The second kappa shape index (κ2) is 18.0. The van der Waals surface area contributed by atoms with Crippen molar-refractivity contribution in [3.63, 3.8) is 0 Å². The number of nitrogens with zero attached hydrogens (tertiary/aromatic N) is 2. The summed E-state index contributed by atoms with van der Waals surface area (Å²) < 4.78 is 11.4. The van der Waals surface area contributed by atoms with E-state index in [4.69, 9.17) is 9.47 Å². The molecule has 0 N–H and O–H groups in total. The zero-order valence-electron chi connectivity index (χ0n) is 24.4. The van der Waals surface area contributed by atoms with E-state index in [1.807, 2.05) is 42.7 Å². The average molecular weight is 543 g/mol. The van der Waals surface area contributed by atoms with Crippen LogP contribution in [0.2, 0.25) is 0 Å². The summed E-state index contributed by atoms with van der Waals surface area (Å²) in [6, 6.07) is 14.4. The van der Waals surface area contributed by atoms with Gasteiger partial charge in [0.05, 0.1) is 12.2 Å². The molecule has 0 saturated heterocycles. The molecule has 5 nitrogen and oxygen atoms in total. The maximum absolute atomic E-state index is 12.6. The minimum Gasteiger partial charge on any atom is -0.494 e. The second-order valence-corrected chi connectivity index (χ2v) is 10.7.